The molecule has 0 bridgehead atoms. The molecule has 0 saturated carbocycles. The monoisotopic (exact) mass is 338 g/mol. The molecule has 4 rings (SSSR count). The molecule has 1 aromatic carbocycles. The van der Waals surface area contributed by atoms with E-state index in [9.17, 15) is 0 Å². The first-order chi connectivity index (χ1) is 11.5. The van der Waals surface area contributed by atoms with Crippen molar-refractivity contribution < 1.29 is 0 Å². The minimum absolute atomic E-state index is 0.378. The molecule has 0 unspecified atom stereocenters. The lowest BCUT2D eigenvalue weighted by Gasteiger charge is -2.13. The van der Waals surface area contributed by atoms with Crippen LogP contribution < -0.4 is 0 Å². The fraction of sp³-hybridized carbons (Fsp3) is 0.263. The molecule has 122 valence electrons. The van der Waals surface area contributed by atoms with E-state index in [-0.39, 0.29) is 0 Å². The molecule has 4 nitrogen and oxygen atoms in total. The highest BCUT2D eigenvalue weighted by Gasteiger charge is 2.19. The van der Waals surface area contributed by atoms with Crippen molar-refractivity contribution in [3.05, 3.63) is 52.4 Å². The number of hydrogen-bond acceptors (Lipinski definition) is 2. The van der Waals surface area contributed by atoms with Crippen molar-refractivity contribution in [2.24, 2.45) is 0 Å². The van der Waals surface area contributed by atoms with Crippen LogP contribution in [-0.4, -0.2) is 19.6 Å². The van der Waals surface area contributed by atoms with Gasteiger partial charge in [-0.1, -0.05) is 25.4 Å². The Labute approximate surface area is 145 Å². The highest BCUT2D eigenvalue weighted by molar-refractivity contribution is 6.31. The third-order valence-electron chi connectivity index (χ3n) is 4.79. The van der Waals surface area contributed by atoms with Crippen molar-refractivity contribution in [2.45, 2.75) is 33.6 Å². The van der Waals surface area contributed by atoms with Crippen molar-refractivity contribution in [1.82, 2.24) is 19.6 Å². The van der Waals surface area contributed by atoms with Crippen LogP contribution in [0.5, 0.6) is 0 Å². The number of H-pyrrole nitrogens is 1. The first-order valence-corrected chi connectivity index (χ1v) is 8.46. The number of benzene rings is 1. The second-order valence-electron chi connectivity index (χ2n) is 6.61. The van der Waals surface area contributed by atoms with Gasteiger partial charge in [0, 0.05) is 27.7 Å². The molecule has 3 aromatic heterocycles. The Hall–Kier alpha value is -2.33. The quantitative estimate of drug-likeness (QED) is 0.541. The van der Waals surface area contributed by atoms with Gasteiger partial charge in [0.2, 0.25) is 0 Å². The number of pyridine rings is 1. The molecular formula is C19H19ClN4. The highest BCUT2D eigenvalue weighted by Crippen LogP contribution is 2.38. The molecule has 0 aliphatic heterocycles. The van der Waals surface area contributed by atoms with Gasteiger partial charge in [-0.2, -0.15) is 0 Å². The number of nitrogens with zero attached hydrogens (tertiary/aromatic N) is 3. The van der Waals surface area contributed by atoms with Crippen LogP contribution in [0.3, 0.4) is 0 Å². The van der Waals surface area contributed by atoms with E-state index in [0.29, 0.717) is 5.92 Å². The SMILES string of the molecule is Cc1c(-c2[nH]c3ccc(Cl)cc3c2C(C)C)cn2cnnc2c1C. The van der Waals surface area contributed by atoms with Gasteiger partial charge < -0.3 is 4.98 Å². The summed E-state index contributed by atoms with van der Waals surface area (Å²) in [6, 6.07) is 6.02. The van der Waals surface area contributed by atoms with Crippen LogP contribution in [0.2, 0.25) is 5.02 Å². The van der Waals surface area contributed by atoms with Crippen molar-refractivity contribution in [3.8, 4) is 11.3 Å². The molecule has 0 fully saturated rings. The Balaban J connectivity index is 2.10. The van der Waals surface area contributed by atoms with Gasteiger partial charge in [-0.3, -0.25) is 4.40 Å². The number of aryl methyl sites for hydroxylation is 1. The molecule has 0 spiro atoms. The maximum atomic E-state index is 6.24. The van der Waals surface area contributed by atoms with E-state index in [2.05, 4.69) is 49.1 Å². The van der Waals surface area contributed by atoms with Gasteiger partial charge in [-0.25, -0.2) is 0 Å². The van der Waals surface area contributed by atoms with E-state index in [1.807, 2.05) is 22.6 Å². The second-order valence-corrected chi connectivity index (χ2v) is 7.05. The van der Waals surface area contributed by atoms with E-state index >= 15 is 0 Å². The summed E-state index contributed by atoms with van der Waals surface area (Å²) >= 11 is 6.24. The highest BCUT2D eigenvalue weighted by atomic mass is 35.5. The largest absolute Gasteiger partial charge is 0.354 e. The molecule has 0 aliphatic carbocycles. The predicted octanol–water partition coefficient (Wildman–Crippen LogP) is 5.27. The minimum Gasteiger partial charge on any atom is -0.354 e. The summed E-state index contributed by atoms with van der Waals surface area (Å²) in [5.41, 5.74) is 8.00. The van der Waals surface area contributed by atoms with Gasteiger partial charge in [-0.15, -0.1) is 10.2 Å². The van der Waals surface area contributed by atoms with Gasteiger partial charge in [-0.05, 0) is 54.7 Å². The van der Waals surface area contributed by atoms with E-state index in [1.54, 1.807) is 6.33 Å². The van der Waals surface area contributed by atoms with Gasteiger partial charge in [0.25, 0.3) is 0 Å². The number of rotatable bonds is 2. The molecule has 0 aliphatic rings. The van der Waals surface area contributed by atoms with Gasteiger partial charge in [0.05, 0.1) is 5.69 Å². The standard InChI is InChI=1S/C19H19ClN4/c1-10(2)17-14-7-13(20)5-6-16(14)22-18(17)15-8-24-9-21-23-19(24)12(4)11(15)3/h5-10,22H,1-4H3. The summed E-state index contributed by atoms with van der Waals surface area (Å²) in [7, 11) is 0. The topological polar surface area (TPSA) is 46.0 Å². The fourth-order valence-corrected chi connectivity index (χ4v) is 3.63. The van der Waals surface area contributed by atoms with Gasteiger partial charge in [0.1, 0.15) is 6.33 Å². The normalized spacial score (nSPS) is 11.9. The van der Waals surface area contributed by atoms with Gasteiger partial charge in [0.15, 0.2) is 5.65 Å². The van der Waals surface area contributed by atoms with Crippen LogP contribution in [-0.2, 0) is 0 Å². The van der Waals surface area contributed by atoms with Crippen LogP contribution >= 0.6 is 11.6 Å². The molecule has 3 heterocycles. The molecule has 4 aromatic rings. The molecule has 1 N–H and O–H groups in total. The van der Waals surface area contributed by atoms with Gasteiger partial charge >= 0.3 is 0 Å². The number of fused-ring (bicyclic) bond motifs is 2. The average molecular weight is 339 g/mol. The third-order valence-corrected chi connectivity index (χ3v) is 5.03. The maximum absolute atomic E-state index is 6.24. The lowest BCUT2D eigenvalue weighted by atomic mass is 9.94. The first-order valence-electron chi connectivity index (χ1n) is 8.08. The average Bonchev–Trinajstić information content (AvgIpc) is 3.14. The molecule has 24 heavy (non-hydrogen) atoms. The molecule has 0 radical (unpaired) electrons. The zero-order valence-electron chi connectivity index (χ0n) is 14.2. The minimum atomic E-state index is 0.378. The molecule has 5 heteroatoms. The van der Waals surface area contributed by atoms with Crippen molar-refractivity contribution in [2.75, 3.05) is 0 Å². The fourth-order valence-electron chi connectivity index (χ4n) is 3.46. The summed E-state index contributed by atoms with van der Waals surface area (Å²) < 4.78 is 1.99. The zero-order valence-corrected chi connectivity index (χ0v) is 14.9. The van der Waals surface area contributed by atoms with E-state index in [1.165, 1.54) is 22.1 Å². The summed E-state index contributed by atoms with van der Waals surface area (Å²) in [5.74, 6) is 0.378. The predicted molar refractivity (Wildman–Crippen MR) is 98.9 cm³/mol. The Morgan fingerprint density at radius 2 is 1.96 bits per heavy atom. The number of aromatic nitrogens is 4. The maximum Gasteiger partial charge on any atom is 0.163 e. The lowest BCUT2D eigenvalue weighted by molar-refractivity contribution is 0.877. The Morgan fingerprint density at radius 3 is 2.71 bits per heavy atom. The zero-order chi connectivity index (χ0) is 17.0. The Bertz CT molecular complexity index is 1070. The Kier molecular flexibility index (Phi) is 3.39. The van der Waals surface area contributed by atoms with Crippen LogP contribution in [0.1, 0.15) is 36.5 Å². The lowest BCUT2D eigenvalue weighted by Crippen LogP contribution is -1.98. The van der Waals surface area contributed by atoms with Crippen molar-refractivity contribution >= 4 is 28.2 Å². The van der Waals surface area contributed by atoms with E-state index in [4.69, 9.17) is 11.6 Å². The van der Waals surface area contributed by atoms with Crippen LogP contribution in [0.25, 0.3) is 27.8 Å². The molecule has 0 amide bonds. The molecule has 0 saturated heterocycles. The number of halogens is 1. The number of hydrogen-bond donors (Lipinski definition) is 1. The van der Waals surface area contributed by atoms with Crippen LogP contribution in [0.15, 0.2) is 30.7 Å². The molecule has 0 atom stereocenters. The van der Waals surface area contributed by atoms with Crippen LogP contribution in [0, 0.1) is 13.8 Å². The van der Waals surface area contributed by atoms with Crippen molar-refractivity contribution in [1.29, 1.82) is 0 Å². The summed E-state index contributed by atoms with van der Waals surface area (Å²) in [6.07, 6.45) is 3.86. The van der Waals surface area contributed by atoms with E-state index < -0.39 is 0 Å². The Morgan fingerprint density at radius 1 is 1.17 bits per heavy atom. The summed E-state index contributed by atoms with van der Waals surface area (Å²) in [4.78, 5) is 3.60. The first kappa shape index (κ1) is 15.2. The third kappa shape index (κ3) is 2.13. The van der Waals surface area contributed by atoms with E-state index in [0.717, 1.165) is 27.4 Å². The van der Waals surface area contributed by atoms with Crippen LogP contribution in [0.4, 0.5) is 0 Å². The number of aromatic amines is 1. The summed E-state index contributed by atoms with van der Waals surface area (Å²) in [5, 5.41) is 10.2. The summed E-state index contributed by atoms with van der Waals surface area (Å²) in [6.45, 7) is 8.67. The number of nitrogens with one attached hydrogen (secondary N) is 1. The smallest absolute Gasteiger partial charge is 0.163 e. The second kappa shape index (κ2) is 5.35. The van der Waals surface area contributed by atoms with Crippen molar-refractivity contribution in [3.63, 3.8) is 0 Å². The molecular weight excluding hydrogens is 320 g/mol.